The summed E-state index contributed by atoms with van der Waals surface area (Å²) in [5.41, 5.74) is -2.79. The molecule has 0 saturated carbocycles. The van der Waals surface area contributed by atoms with Gasteiger partial charge in [0.05, 0.1) is 0 Å². The zero-order valence-electron chi connectivity index (χ0n) is 11.9. The molecule has 2 amide bonds. The van der Waals surface area contributed by atoms with Crippen LogP contribution in [0.25, 0.3) is 0 Å². The molecule has 0 radical (unpaired) electrons. The molecule has 106 valence electrons. The van der Waals surface area contributed by atoms with E-state index in [1.165, 1.54) is 0 Å². The Morgan fingerprint density at radius 3 is 2.32 bits per heavy atom. The Hall–Kier alpha value is -1.59. The van der Waals surface area contributed by atoms with Crippen LogP contribution in [0.15, 0.2) is 0 Å². The number of likely N-dealkylation sites (tertiary alicyclic amines) is 1. The Labute approximate surface area is 112 Å². The van der Waals surface area contributed by atoms with Crippen LogP contribution in [0.2, 0.25) is 0 Å². The highest BCUT2D eigenvalue weighted by Gasteiger charge is 2.72. The number of carbonyl (C=O) groups is 3. The van der Waals surface area contributed by atoms with Crippen molar-refractivity contribution in [1.29, 1.82) is 0 Å². The quantitative estimate of drug-likeness (QED) is 0.625. The van der Waals surface area contributed by atoms with Crippen molar-refractivity contribution in [1.82, 2.24) is 4.90 Å². The molecule has 0 aromatic rings. The van der Waals surface area contributed by atoms with Gasteiger partial charge in [-0.25, -0.2) is 14.5 Å². The summed E-state index contributed by atoms with van der Waals surface area (Å²) in [6.07, 6.45) is -0.339. The van der Waals surface area contributed by atoms with E-state index in [1.54, 1.807) is 34.6 Å². The van der Waals surface area contributed by atoms with Gasteiger partial charge in [-0.3, -0.25) is 4.79 Å². The number of cyclic esters (lactones) is 1. The lowest BCUT2D eigenvalue weighted by Crippen LogP contribution is -2.76. The molecule has 1 atom stereocenters. The van der Waals surface area contributed by atoms with Crippen LogP contribution in [-0.4, -0.2) is 39.6 Å². The molecule has 0 N–H and O–H groups in total. The van der Waals surface area contributed by atoms with Crippen molar-refractivity contribution in [3.8, 4) is 0 Å². The second-order valence-electron chi connectivity index (χ2n) is 6.47. The van der Waals surface area contributed by atoms with Crippen molar-refractivity contribution < 1.29 is 23.9 Å². The van der Waals surface area contributed by atoms with Crippen LogP contribution in [0.3, 0.4) is 0 Å². The van der Waals surface area contributed by atoms with E-state index in [0.717, 1.165) is 4.90 Å². The molecule has 6 heteroatoms. The smallest absolute Gasteiger partial charge is 0.418 e. The van der Waals surface area contributed by atoms with Gasteiger partial charge >= 0.3 is 12.1 Å². The normalized spacial score (nSPS) is 29.2. The predicted octanol–water partition coefficient (Wildman–Crippen LogP) is 1.62. The van der Waals surface area contributed by atoms with Gasteiger partial charge in [0, 0.05) is 6.42 Å². The molecule has 2 saturated heterocycles. The Kier molecular flexibility index (Phi) is 2.70. The lowest BCUT2D eigenvalue weighted by atomic mass is 9.75. The summed E-state index contributed by atoms with van der Waals surface area (Å²) in [6.45, 7) is 8.53. The summed E-state index contributed by atoms with van der Waals surface area (Å²) in [7, 11) is 0. The molecule has 0 bridgehead atoms. The van der Waals surface area contributed by atoms with Gasteiger partial charge in [0.25, 0.3) is 0 Å². The zero-order valence-corrected chi connectivity index (χ0v) is 11.9. The van der Waals surface area contributed by atoms with Crippen LogP contribution in [0.1, 0.15) is 47.5 Å². The van der Waals surface area contributed by atoms with E-state index in [4.69, 9.17) is 9.47 Å². The van der Waals surface area contributed by atoms with Gasteiger partial charge in [-0.1, -0.05) is 0 Å². The molecular formula is C13H19NO5. The second kappa shape index (κ2) is 3.71. The molecule has 2 fully saturated rings. The summed E-state index contributed by atoms with van der Waals surface area (Å²) in [5.74, 6) is -0.923. The highest BCUT2D eigenvalue weighted by molar-refractivity contribution is 6.05. The third-order valence-electron chi connectivity index (χ3n) is 3.59. The van der Waals surface area contributed by atoms with Crippen LogP contribution < -0.4 is 0 Å². The third kappa shape index (κ3) is 1.81. The number of esters is 1. The number of nitrogens with zero attached hydrogens (tertiary/aromatic N) is 1. The number of ether oxygens (including phenoxy) is 2. The minimum Gasteiger partial charge on any atom is -0.455 e. The molecule has 2 rings (SSSR count). The van der Waals surface area contributed by atoms with Crippen molar-refractivity contribution >= 4 is 18.0 Å². The van der Waals surface area contributed by atoms with Gasteiger partial charge in [-0.2, -0.15) is 0 Å². The molecule has 2 aliphatic rings. The first kappa shape index (κ1) is 13.8. The van der Waals surface area contributed by atoms with Gasteiger partial charge in [-0.15, -0.1) is 0 Å². The van der Waals surface area contributed by atoms with Crippen molar-refractivity contribution in [2.24, 2.45) is 0 Å². The maximum atomic E-state index is 12.2. The fraction of sp³-hybridized carbons (Fsp3) is 0.769. The van der Waals surface area contributed by atoms with Gasteiger partial charge in [0.1, 0.15) is 11.2 Å². The average Bonchev–Trinajstić information content (AvgIpc) is 2.55. The molecule has 1 spiro atoms. The monoisotopic (exact) mass is 269 g/mol. The predicted molar refractivity (Wildman–Crippen MR) is 65.2 cm³/mol. The summed E-state index contributed by atoms with van der Waals surface area (Å²) in [4.78, 5) is 37.0. The molecule has 2 aliphatic heterocycles. The summed E-state index contributed by atoms with van der Waals surface area (Å²) >= 11 is 0. The molecule has 0 aromatic heterocycles. The number of rotatable bonds is 0. The number of hydrogen-bond acceptors (Lipinski definition) is 5. The molecular weight excluding hydrogens is 250 g/mol. The highest BCUT2D eigenvalue weighted by atomic mass is 16.6. The standard InChI is InChI=1S/C13H19NO5/c1-11(2,3)19-10(17)14-8(15)6-7-13(14)9(16)18-12(13,4)5/h6-7H2,1-5H3. The van der Waals surface area contributed by atoms with Crippen molar-refractivity contribution in [2.75, 3.05) is 0 Å². The van der Waals surface area contributed by atoms with E-state index in [2.05, 4.69) is 0 Å². The number of hydrogen-bond donors (Lipinski definition) is 0. The van der Waals surface area contributed by atoms with Crippen LogP contribution in [0.4, 0.5) is 4.79 Å². The largest absolute Gasteiger partial charge is 0.455 e. The Bertz CT molecular complexity index is 462. The van der Waals surface area contributed by atoms with E-state index in [-0.39, 0.29) is 18.7 Å². The summed E-state index contributed by atoms with van der Waals surface area (Å²) in [6, 6.07) is 0. The van der Waals surface area contributed by atoms with E-state index in [1.807, 2.05) is 0 Å². The van der Waals surface area contributed by atoms with E-state index < -0.39 is 28.8 Å². The first-order valence-electron chi connectivity index (χ1n) is 6.31. The van der Waals surface area contributed by atoms with E-state index in [9.17, 15) is 14.4 Å². The second-order valence-corrected chi connectivity index (χ2v) is 6.47. The molecule has 0 aromatic carbocycles. The maximum Gasteiger partial charge on any atom is 0.418 e. The number of amides is 2. The minimum atomic E-state index is -1.20. The Balaban J connectivity index is 2.34. The first-order chi connectivity index (χ1) is 8.51. The molecule has 6 nitrogen and oxygen atoms in total. The fourth-order valence-electron chi connectivity index (χ4n) is 2.65. The van der Waals surface area contributed by atoms with E-state index in [0.29, 0.717) is 0 Å². The van der Waals surface area contributed by atoms with Crippen molar-refractivity contribution in [2.45, 2.75) is 64.2 Å². The fourth-order valence-corrected chi connectivity index (χ4v) is 2.65. The van der Waals surface area contributed by atoms with Crippen molar-refractivity contribution in [3.63, 3.8) is 0 Å². The molecule has 1 unspecified atom stereocenters. The SMILES string of the molecule is CC(C)(C)OC(=O)N1C(=O)CCC12C(=O)OC2(C)C. The third-order valence-corrected chi connectivity index (χ3v) is 3.59. The van der Waals surface area contributed by atoms with Crippen LogP contribution in [-0.2, 0) is 19.1 Å². The lowest BCUT2D eigenvalue weighted by Gasteiger charge is -2.53. The van der Waals surface area contributed by atoms with Gasteiger partial charge in [0.15, 0.2) is 5.54 Å². The first-order valence-corrected chi connectivity index (χ1v) is 6.31. The van der Waals surface area contributed by atoms with E-state index >= 15 is 0 Å². The lowest BCUT2D eigenvalue weighted by molar-refractivity contribution is -0.230. The Morgan fingerprint density at radius 1 is 1.32 bits per heavy atom. The van der Waals surface area contributed by atoms with Gasteiger partial charge in [0.2, 0.25) is 5.91 Å². The molecule has 0 aliphatic carbocycles. The van der Waals surface area contributed by atoms with Gasteiger partial charge < -0.3 is 9.47 Å². The number of imide groups is 1. The maximum absolute atomic E-state index is 12.2. The summed E-state index contributed by atoms with van der Waals surface area (Å²) in [5, 5.41) is 0. The van der Waals surface area contributed by atoms with Gasteiger partial charge in [-0.05, 0) is 41.0 Å². The minimum absolute atomic E-state index is 0.151. The summed E-state index contributed by atoms with van der Waals surface area (Å²) < 4.78 is 10.3. The topological polar surface area (TPSA) is 72.9 Å². The number of carbonyl (C=O) groups excluding carboxylic acids is 3. The zero-order chi connectivity index (χ0) is 14.6. The molecule has 2 heterocycles. The van der Waals surface area contributed by atoms with Crippen LogP contribution in [0, 0.1) is 0 Å². The molecule has 19 heavy (non-hydrogen) atoms. The average molecular weight is 269 g/mol. The Morgan fingerprint density at radius 2 is 1.89 bits per heavy atom. The highest BCUT2D eigenvalue weighted by Crippen LogP contribution is 2.50. The van der Waals surface area contributed by atoms with Crippen LogP contribution >= 0.6 is 0 Å². The van der Waals surface area contributed by atoms with Crippen molar-refractivity contribution in [3.05, 3.63) is 0 Å². The van der Waals surface area contributed by atoms with Crippen LogP contribution in [0.5, 0.6) is 0 Å².